The molecule has 1 aromatic carbocycles. The van der Waals surface area contributed by atoms with Gasteiger partial charge in [-0.1, -0.05) is 18.2 Å². The summed E-state index contributed by atoms with van der Waals surface area (Å²) in [6.45, 7) is 2.91. The number of hydrogen-bond acceptors (Lipinski definition) is 4. The van der Waals surface area contributed by atoms with Crippen LogP contribution in [-0.4, -0.2) is 26.8 Å². The molecule has 1 N–H and O–H groups in total. The summed E-state index contributed by atoms with van der Waals surface area (Å²) >= 11 is 0. The monoisotopic (exact) mass is 308 g/mol. The van der Waals surface area contributed by atoms with Crippen molar-refractivity contribution in [2.24, 2.45) is 0 Å². The summed E-state index contributed by atoms with van der Waals surface area (Å²) in [6.07, 6.45) is 0. The molecule has 0 saturated carbocycles. The zero-order valence-corrected chi connectivity index (χ0v) is 13.3. The molecule has 2 aromatic rings. The second-order valence-corrected chi connectivity index (χ2v) is 7.13. The highest BCUT2D eigenvalue weighted by Crippen LogP contribution is 2.18. The van der Waals surface area contributed by atoms with Gasteiger partial charge in [0.25, 0.3) is 0 Å². The van der Waals surface area contributed by atoms with Crippen molar-refractivity contribution >= 4 is 10.0 Å². The lowest BCUT2D eigenvalue weighted by molar-refractivity contribution is 0.461. The summed E-state index contributed by atoms with van der Waals surface area (Å²) in [6, 6.07) is 10.8. The van der Waals surface area contributed by atoms with Crippen LogP contribution in [-0.2, 0) is 23.1 Å². The van der Waals surface area contributed by atoms with Crippen molar-refractivity contribution in [3.05, 3.63) is 53.5 Å². The average molecular weight is 308 g/mol. The van der Waals surface area contributed by atoms with Crippen LogP contribution < -0.4 is 5.32 Å². The molecule has 0 bridgehead atoms. The first-order valence-corrected chi connectivity index (χ1v) is 8.12. The van der Waals surface area contributed by atoms with Gasteiger partial charge < -0.3 is 9.73 Å². The SMILES string of the molecule is Cc1ccc(CNCc2ccccc2S(=O)(=O)N(C)C)o1. The van der Waals surface area contributed by atoms with Crippen molar-refractivity contribution in [2.45, 2.75) is 24.9 Å². The standard InChI is InChI=1S/C15H20N2O3S/c1-12-8-9-14(20-12)11-16-10-13-6-4-5-7-15(13)21(18,19)17(2)3/h4-9,16H,10-11H2,1-3H3. The third-order valence-electron chi connectivity index (χ3n) is 3.14. The molecule has 5 nitrogen and oxygen atoms in total. The molecule has 2 rings (SSSR count). The maximum atomic E-state index is 12.3. The maximum absolute atomic E-state index is 12.3. The van der Waals surface area contributed by atoms with Gasteiger partial charge in [0, 0.05) is 20.6 Å². The van der Waals surface area contributed by atoms with Crippen LogP contribution in [0.3, 0.4) is 0 Å². The van der Waals surface area contributed by atoms with Gasteiger partial charge in [-0.05, 0) is 30.7 Å². The predicted octanol–water partition coefficient (Wildman–Crippen LogP) is 2.13. The fourth-order valence-electron chi connectivity index (χ4n) is 2.00. The van der Waals surface area contributed by atoms with Gasteiger partial charge in [0.2, 0.25) is 10.0 Å². The van der Waals surface area contributed by atoms with Crippen LogP contribution in [0.2, 0.25) is 0 Å². The molecule has 0 aliphatic heterocycles. The van der Waals surface area contributed by atoms with Gasteiger partial charge in [0.15, 0.2) is 0 Å². The van der Waals surface area contributed by atoms with Gasteiger partial charge in [0.1, 0.15) is 11.5 Å². The van der Waals surface area contributed by atoms with Gasteiger partial charge in [-0.15, -0.1) is 0 Å². The Morgan fingerprint density at radius 2 is 1.81 bits per heavy atom. The largest absolute Gasteiger partial charge is 0.465 e. The highest BCUT2D eigenvalue weighted by Gasteiger charge is 2.20. The number of hydrogen-bond donors (Lipinski definition) is 1. The first-order valence-electron chi connectivity index (χ1n) is 6.67. The molecule has 0 unspecified atom stereocenters. The zero-order chi connectivity index (χ0) is 15.5. The average Bonchev–Trinajstić information content (AvgIpc) is 2.85. The molecule has 0 spiro atoms. The molecular weight excluding hydrogens is 288 g/mol. The van der Waals surface area contributed by atoms with Gasteiger partial charge in [0.05, 0.1) is 11.4 Å². The fourth-order valence-corrected chi connectivity index (χ4v) is 3.11. The molecule has 0 aliphatic rings. The molecule has 21 heavy (non-hydrogen) atoms. The third kappa shape index (κ3) is 3.72. The minimum atomic E-state index is -3.43. The van der Waals surface area contributed by atoms with Crippen molar-refractivity contribution in [1.82, 2.24) is 9.62 Å². The number of nitrogens with one attached hydrogen (secondary N) is 1. The summed E-state index contributed by atoms with van der Waals surface area (Å²) in [5.74, 6) is 1.70. The number of aryl methyl sites for hydroxylation is 1. The van der Waals surface area contributed by atoms with Crippen molar-refractivity contribution in [3.63, 3.8) is 0 Å². The molecule has 0 radical (unpaired) electrons. The van der Waals surface area contributed by atoms with E-state index in [1.165, 1.54) is 18.4 Å². The molecule has 0 aliphatic carbocycles. The molecule has 6 heteroatoms. The molecule has 0 saturated heterocycles. The summed E-state index contributed by atoms with van der Waals surface area (Å²) in [4.78, 5) is 0.332. The highest BCUT2D eigenvalue weighted by atomic mass is 32.2. The van der Waals surface area contributed by atoms with Gasteiger partial charge in [-0.25, -0.2) is 12.7 Å². The van der Waals surface area contributed by atoms with Crippen LogP contribution in [0.4, 0.5) is 0 Å². The van der Waals surface area contributed by atoms with Crippen LogP contribution >= 0.6 is 0 Å². The smallest absolute Gasteiger partial charge is 0.242 e. The van der Waals surface area contributed by atoms with Crippen LogP contribution in [0.1, 0.15) is 17.1 Å². The van der Waals surface area contributed by atoms with Gasteiger partial charge in [-0.3, -0.25) is 0 Å². The van der Waals surface area contributed by atoms with E-state index in [0.717, 1.165) is 17.1 Å². The third-order valence-corrected chi connectivity index (χ3v) is 5.06. The predicted molar refractivity (Wildman–Crippen MR) is 81.3 cm³/mol. The van der Waals surface area contributed by atoms with Crippen LogP contribution in [0.5, 0.6) is 0 Å². The number of furan rings is 1. The lowest BCUT2D eigenvalue weighted by Gasteiger charge is -2.15. The molecule has 114 valence electrons. The van der Waals surface area contributed by atoms with Crippen molar-refractivity contribution in [3.8, 4) is 0 Å². The Kier molecular flexibility index (Phi) is 4.82. The first-order chi connectivity index (χ1) is 9.91. The van der Waals surface area contributed by atoms with E-state index in [1.807, 2.05) is 31.2 Å². The van der Waals surface area contributed by atoms with Gasteiger partial charge >= 0.3 is 0 Å². The van der Waals surface area contributed by atoms with E-state index in [4.69, 9.17) is 4.42 Å². The minimum absolute atomic E-state index is 0.332. The van der Waals surface area contributed by atoms with E-state index in [2.05, 4.69) is 5.32 Å². The van der Waals surface area contributed by atoms with Crippen LogP contribution in [0.15, 0.2) is 45.7 Å². The lowest BCUT2D eigenvalue weighted by Crippen LogP contribution is -2.24. The Hall–Kier alpha value is -1.63. The van der Waals surface area contributed by atoms with Crippen molar-refractivity contribution in [1.29, 1.82) is 0 Å². The Balaban J connectivity index is 2.10. The summed E-state index contributed by atoms with van der Waals surface area (Å²) in [7, 11) is -0.363. The van der Waals surface area contributed by atoms with Crippen LogP contribution in [0, 0.1) is 6.92 Å². The molecule has 1 heterocycles. The topological polar surface area (TPSA) is 62.6 Å². The molecule has 1 aromatic heterocycles. The Labute approximate surface area is 125 Å². The number of rotatable bonds is 6. The van der Waals surface area contributed by atoms with E-state index in [0.29, 0.717) is 18.0 Å². The summed E-state index contributed by atoms with van der Waals surface area (Å²) in [5.41, 5.74) is 0.745. The summed E-state index contributed by atoms with van der Waals surface area (Å²) < 4.78 is 31.2. The van der Waals surface area contributed by atoms with E-state index < -0.39 is 10.0 Å². The normalized spacial score (nSPS) is 12.0. The van der Waals surface area contributed by atoms with Gasteiger partial charge in [-0.2, -0.15) is 0 Å². The first kappa shape index (κ1) is 15.8. The van der Waals surface area contributed by atoms with Crippen molar-refractivity contribution < 1.29 is 12.8 Å². The number of benzene rings is 1. The molecule has 0 fully saturated rings. The quantitative estimate of drug-likeness (QED) is 0.888. The van der Waals surface area contributed by atoms with Crippen LogP contribution in [0.25, 0.3) is 0 Å². The maximum Gasteiger partial charge on any atom is 0.242 e. The Morgan fingerprint density at radius 3 is 2.43 bits per heavy atom. The van der Waals surface area contributed by atoms with E-state index in [1.54, 1.807) is 12.1 Å². The van der Waals surface area contributed by atoms with E-state index >= 15 is 0 Å². The highest BCUT2D eigenvalue weighted by molar-refractivity contribution is 7.89. The molecule has 0 amide bonds. The minimum Gasteiger partial charge on any atom is -0.465 e. The zero-order valence-electron chi connectivity index (χ0n) is 12.5. The number of sulfonamides is 1. The molecule has 0 atom stereocenters. The fraction of sp³-hybridized carbons (Fsp3) is 0.333. The van der Waals surface area contributed by atoms with E-state index in [-0.39, 0.29) is 0 Å². The second-order valence-electron chi connectivity index (χ2n) is 5.01. The van der Waals surface area contributed by atoms with Crippen molar-refractivity contribution in [2.75, 3.05) is 14.1 Å². The number of nitrogens with zero attached hydrogens (tertiary/aromatic N) is 1. The molecular formula is C15H20N2O3S. The Morgan fingerprint density at radius 1 is 1.10 bits per heavy atom. The van der Waals surface area contributed by atoms with E-state index in [9.17, 15) is 8.42 Å². The Bertz CT molecular complexity index is 705. The summed E-state index contributed by atoms with van der Waals surface area (Å²) in [5, 5.41) is 3.21. The second kappa shape index (κ2) is 6.43. The lowest BCUT2D eigenvalue weighted by atomic mass is 10.2.